The lowest BCUT2D eigenvalue weighted by Gasteiger charge is -2.20. The maximum Gasteiger partial charge on any atom is 0.253 e. The minimum absolute atomic E-state index is 0.177. The Morgan fingerprint density at radius 2 is 1.95 bits per heavy atom. The van der Waals surface area contributed by atoms with Crippen molar-refractivity contribution in [3.8, 4) is 0 Å². The molecule has 0 N–H and O–H groups in total. The van der Waals surface area contributed by atoms with E-state index in [-0.39, 0.29) is 17.3 Å². The summed E-state index contributed by atoms with van der Waals surface area (Å²) in [6, 6.07) is 6.22. The van der Waals surface area contributed by atoms with Gasteiger partial charge in [0.15, 0.2) is 0 Å². The average Bonchev–Trinajstić information content (AvgIpc) is 2.68. The molecule has 0 aromatic heterocycles. The number of amides is 2. The maximum absolute atomic E-state index is 12.4. The molecule has 0 spiro atoms. The van der Waals surface area contributed by atoms with Gasteiger partial charge in [0.05, 0.1) is 17.4 Å². The lowest BCUT2D eigenvalue weighted by molar-refractivity contribution is -0.119. The van der Waals surface area contributed by atoms with Crippen LogP contribution in [0.2, 0.25) is 0 Å². The van der Waals surface area contributed by atoms with Crippen molar-refractivity contribution in [1.82, 2.24) is 4.90 Å². The van der Waals surface area contributed by atoms with E-state index in [1.165, 1.54) is 12.1 Å². The van der Waals surface area contributed by atoms with Gasteiger partial charge in [0.2, 0.25) is 15.9 Å². The van der Waals surface area contributed by atoms with E-state index in [1.807, 2.05) is 13.8 Å². The molecule has 0 saturated carbocycles. The second kappa shape index (κ2) is 6.08. The number of anilines is 1. The summed E-state index contributed by atoms with van der Waals surface area (Å²) in [5.74, 6) is -1.39. The van der Waals surface area contributed by atoms with Crippen molar-refractivity contribution < 1.29 is 18.0 Å². The highest BCUT2D eigenvalue weighted by Gasteiger charge is 2.42. The van der Waals surface area contributed by atoms with Crippen molar-refractivity contribution >= 4 is 27.5 Å². The number of carbonyl (C=O) groups excluding carboxylic acids is 2. The van der Waals surface area contributed by atoms with Gasteiger partial charge < -0.3 is 4.90 Å². The summed E-state index contributed by atoms with van der Waals surface area (Å²) in [5, 5.41) is 0. The molecule has 0 bridgehead atoms. The van der Waals surface area contributed by atoms with Crippen LogP contribution in [-0.4, -0.2) is 44.0 Å². The summed E-state index contributed by atoms with van der Waals surface area (Å²) in [5.41, 5.74) is 0.608. The molecule has 0 aliphatic carbocycles. The molecule has 2 amide bonds. The molecule has 1 saturated heterocycles. The van der Waals surface area contributed by atoms with E-state index in [1.54, 1.807) is 24.0 Å². The first kappa shape index (κ1) is 16.5. The minimum Gasteiger partial charge on any atom is -0.339 e. The van der Waals surface area contributed by atoms with Crippen molar-refractivity contribution in [3.63, 3.8) is 0 Å². The number of hydrogen-bond donors (Lipinski definition) is 0. The molecule has 1 fully saturated rings. The first-order valence-electron chi connectivity index (χ1n) is 7.28. The van der Waals surface area contributed by atoms with Crippen LogP contribution in [0.5, 0.6) is 0 Å². The van der Waals surface area contributed by atoms with Gasteiger partial charge in [-0.15, -0.1) is 0 Å². The molecule has 0 radical (unpaired) electrons. The number of carbonyl (C=O) groups is 2. The molecule has 7 heteroatoms. The zero-order valence-electron chi connectivity index (χ0n) is 12.9. The lowest BCUT2D eigenvalue weighted by atomic mass is 10.1. The van der Waals surface area contributed by atoms with Gasteiger partial charge in [-0.3, -0.25) is 9.59 Å². The fourth-order valence-electron chi connectivity index (χ4n) is 2.55. The minimum atomic E-state index is -3.65. The fraction of sp³-hybridized carbons (Fsp3) is 0.467. The molecule has 0 unspecified atom stereocenters. The van der Waals surface area contributed by atoms with Crippen LogP contribution >= 0.6 is 0 Å². The van der Waals surface area contributed by atoms with E-state index in [4.69, 9.17) is 0 Å². The van der Waals surface area contributed by atoms with Gasteiger partial charge in [-0.1, -0.05) is 13.0 Å². The molecular formula is C15H20N2O4S. The maximum atomic E-state index is 12.4. The Morgan fingerprint density at radius 1 is 1.32 bits per heavy atom. The third-order valence-electron chi connectivity index (χ3n) is 3.74. The Morgan fingerprint density at radius 3 is 2.45 bits per heavy atom. The summed E-state index contributed by atoms with van der Waals surface area (Å²) < 4.78 is 25.1. The van der Waals surface area contributed by atoms with Crippen LogP contribution in [0.3, 0.4) is 0 Å². The fourth-order valence-corrected chi connectivity index (χ4v) is 4.36. The van der Waals surface area contributed by atoms with E-state index in [9.17, 15) is 18.0 Å². The van der Waals surface area contributed by atoms with E-state index in [2.05, 4.69) is 0 Å². The average molecular weight is 324 g/mol. The molecule has 1 aromatic rings. The summed E-state index contributed by atoms with van der Waals surface area (Å²) in [4.78, 5) is 26.1. The largest absolute Gasteiger partial charge is 0.339 e. The van der Waals surface area contributed by atoms with Gasteiger partial charge in [-0.05, 0) is 32.0 Å². The van der Waals surface area contributed by atoms with Gasteiger partial charge in [-0.25, -0.2) is 12.7 Å². The number of nitrogens with zero attached hydrogens (tertiary/aromatic N) is 2. The molecule has 1 aliphatic rings. The Bertz CT molecular complexity index is 695. The topological polar surface area (TPSA) is 74.8 Å². The SMILES string of the molecule is CCN(CC)C(=O)c1cccc(N2C(=O)[C@H](C)CS2(=O)=O)c1. The normalized spacial score (nSPS) is 20.2. The van der Waals surface area contributed by atoms with Crippen molar-refractivity contribution in [2.75, 3.05) is 23.1 Å². The van der Waals surface area contributed by atoms with Crippen molar-refractivity contribution in [2.45, 2.75) is 20.8 Å². The smallest absolute Gasteiger partial charge is 0.253 e. The van der Waals surface area contributed by atoms with Gasteiger partial charge in [-0.2, -0.15) is 0 Å². The highest BCUT2D eigenvalue weighted by atomic mass is 32.2. The van der Waals surface area contributed by atoms with E-state index in [0.717, 1.165) is 4.31 Å². The Balaban J connectivity index is 2.41. The molecular weight excluding hydrogens is 304 g/mol. The van der Waals surface area contributed by atoms with Gasteiger partial charge in [0, 0.05) is 18.7 Å². The van der Waals surface area contributed by atoms with Crippen molar-refractivity contribution in [1.29, 1.82) is 0 Å². The number of rotatable bonds is 4. The second-order valence-electron chi connectivity index (χ2n) is 5.31. The summed E-state index contributed by atoms with van der Waals surface area (Å²) in [7, 11) is -3.65. The molecule has 2 rings (SSSR count). The Hall–Kier alpha value is -1.89. The number of sulfonamides is 1. The van der Waals surface area contributed by atoms with Crippen LogP contribution in [0.15, 0.2) is 24.3 Å². The Labute approximate surface area is 130 Å². The molecule has 1 heterocycles. The van der Waals surface area contributed by atoms with Crippen molar-refractivity contribution in [3.05, 3.63) is 29.8 Å². The highest BCUT2D eigenvalue weighted by molar-refractivity contribution is 7.94. The van der Waals surface area contributed by atoms with Crippen LogP contribution in [-0.2, 0) is 14.8 Å². The van der Waals surface area contributed by atoms with Crippen molar-refractivity contribution in [2.24, 2.45) is 5.92 Å². The zero-order valence-corrected chi connectivity index (χ0v) is 13.8. The standard InChI is InChI=1S/C15H20N2O4S/c1-4-16(5-2)15(19)12-7-6-8-13(9-12)17-14(18)11(3)10-22(17,20)21/h6-9,11H,4-5,10H2,1-3H3/t11-/m1/s1. The summed E-state index contributed by atoms with van der Waals surface area (Å²) in [6.45, 7) is 6.47. The van der Waals surface area contributed by atoms with Gasteiger partial charge in [0.1, 0.15) is 0 Å². The van der Waals surface area contributed by atoms with Crippen LogP contribution in [0.25, 0.3) is 0 Å². The third-order valence-corrected chi connectivity index (χ3v) is 5.61. The number of hydrogen-bond acceptors (Lipinski definition) is 4. The van der Waals surface area contributed by atoms with Crippen LogP contribution in [0.1, 0.15) is 31.1 Å². The Kier molecular flexibility index (Phi) is 4.55. The molecule has 1 aliphatic heterocycles. The van der Waals surface area contributed by atoms with E-state index < -0.39 is 21.8 Å². The quantitative estimate of drug-likeness (QED) is 0.841. The zero-order chi connectivity index (χ0) is 16.5. The molecule has 1 aromatic carbocycles. The van der Waals surface area contributed by atoms with Crippen LogP contribution < -0.4 is 4.31 Å². The molecule has 1 atom stereocenters. The van der Waals surface area contributed by atoms with Gasteiger partial charge >= 0.3 is 0 Å². The third kappa shape index (κ3) is 2.85. The predicted octanol–water partition coefficient (Wildman–Crippen LogP) is 1.48. The first-order valence-corrected chi connectivity index (χ1v) is 8.89. The first-order chi connectivity index (χ1) is 10.3. The van der Waals surface area contributed by atoms with E-state index >= 15 is 0 Å². The predicted molar refractivity (Wildman–Crippen MR) is 84.1 cm³/mol. The summed E-state index contributed by atoms with van der Waals surface area (Å²) in [6.07, 6.45) is 0. The van der Waals surface area contributed by atoms with Crippen LogP contribution in [0, 0.1) is 5.92 Å². The summed E-state index contributed by atoms with van der Waals surface area (Å²) >= 11 is 0. The second-order valence-corrected chi connectivity index (χ2v) is 7.17. The molecule has 120 valence electrons. The van der Waals surface area contributed by atoms with Crippen LogP contribution in [0.4, 0.5) is 5.69 Å². The monoisotopic (exact) mass is 324 g/mol. The number of benzene rings is 1. The molecule has 22 heavy (non-hydrogen) atoms. The highest BCUT2D eigenvalue weighted by Crippen LogP contribution is 2.28. The lowest BCUT2D eigenvalue weighted by Crippen LogP contribution is -2.32. The van der Waals surface area contributed by atoms with E-state index in [0.29, 0.717) is 18.7 Å². The molecule has 6 nitrogen and oxygen atoms in total. The van der Waals surface area contributed by atoms with Gasteiger partial charge in [0.25, 0.3) is 5.91 Å².